The molecule has 0 aliphatic heterocycles. The minimum absolute atomic E-state index is 0.604. The van der Waals surface area contributed by atoms with Crippen molar-refractivity contribution in [2.24, 2.45) is 0 Å². The van der Waals surface area contributed by atoms with Gasteiger partial charge in [0, 0.05) is 55.7 Å². The Morgan fingerprint density at radius 3 is 0.743 bits per heavy atom. The summed E-state index contributed by atoms with van der Waals surface area (Å²) in [5.41, 5.74) is 22.1. The Morgan fingerprint density at radius 1 is 0.311 bits per heavy atom. The molecule has 0 unspecified atom stereocenters. The van der Waals surface area contributed by atoms with Gasteiger partial charge in [-0.1, -0.05) is 244 Å². The number of fused-ring (bicyclic) bond motifs is 2. The van der Waals surface area contributed by atoms with Gasteiger partial charge in [-0.2, -0.15) is 0 Å². The van der Waals surface area contributed by atoms with Crippen LogP contribution < -0.4 is 0 Å². The third kappa shape index (κ3) is 14.2. The molecular formula is C72H86Si2. The van der Waals surface area contributed by atoms with Gasteiger partial charge in [-0.25, -0.2) is 0 Å². The number of benzene rings is 5. The summed E-state index contributed by atoms with van der Waals surface area (Å²) >= 11 is 0. The average molecular weight is 1010 g/mol. The zero-order chi connectivity index (χ0) is 54.0. The first kappa shape index (κ1) is 58.8. The summed E-state index contributed by atoms with van der Waals surface area (Å²) in [6, 6.07) is 34.4. The monoisotopic (exact) mass is 1010 g/mol. The molecule has 5 aromatic carbocycles. The van der Waals surface area contributed by atoms with E-state index in [0.29, 0.717) is 33.2 Å². The Labute approximate surface area is 453 Å². The highest BCUT2D eigenvalue weighted by atomic mass is 28.3. The summed E-state index contributed by atoms with van der Waals surface area (Å²) in [5.74, 6) is 36.5. The van der Waals surface area contributed by atoms with Crippen molar-refractivity contribution in [1.29, 1.82) is 0 Å². The topological polar surface area (TPSA) is 0 Å². The molecule has 0 radical (unpaired) electrons. The molecule has 0 aliphatic carbocycles. The first-order valence-corrected chi connectivity index (χ1v) is 32.7. The second kappa shape index (κ2) is 28.0. The fourth-order valence-electron chi connectivity index (χ4n) is 11.6. The lowest BCUT2D eigenvalue weighted by Crippen LogP contribution is -2.43. The zero-order valence-corrected chi connectivity index (χ0v) is 50.4. The van der Waals surface area contributed by atoms with E-state index in [-0.39, 0.29) is 0 Å². The Morgan fingerprint density at radius 2 is 0.527 bits per heavy atom. The highest BCUT2D eigenvalue weighted by Gasteiger charge is 2.42. The van der Waals surface area contributed by atoms with Crippen LogP contribution in [0.25, 0.3) is 21.5 Å². The second-order valence-corrected chi connectivity index (χ2v) is 33.4. The lowest BCUT2D eigenvalue weighted by Gasteiger charge is -2.38. The molecule has 0 N–H and O–H groups in total. The molecule has 0 heterocycles. The molecule has 0 bridgehead atoms. The van der Waals surface area contributed by atoms with Crippen LogP contribution in [0.3, 0.4) is 0 Å². The van der Waals surface area contributed by atoms with Crippen molar-refractivity contribution in [3.05, 3.63) is 153 Å². The van der Waals surface area contributed by atoms with Crippen LogP contribution >= 0.6 is 0 Å². The SMILES string of the molecule is CCC/C(C#Cc1ccc(C#C[Si](C(C)C)(C(C)C)C(C)C)cc1)=C(\C#Cc1c2ccccc2c(C#C/C(CCC)=C(/C#Cc2ccc(C#C[Si](C(C)C)(C(C)C)C(C)C)cc2)CCC)c2ccccc12)CCC. The van der Waals surface area contributed by atoms with E-state index in [0.717, 1.165) is 129 Å². The zero-order valence-electron chi connectivity index (χ0n) is 48.4. The molecule has 0 nitrogen and oxygen atoms in total. The van der Waals surface area contributed by atoms with E-state index in [1.165, 1.54) is 0 Å². The molecule has 382 valence electrons. The van der Waals surface area contributed by atoms with Crippen LogP contribution in [-0.2, 0) is 0 Å². The van der Waals surface area contributed by atoms with Crippen LogP contribution in [0.1, 0.15) is 196 Å². The van der Waals surface area contributed by atoms with Crippen molar-refractivity contribution in [1.82, 2.24) is 0 Å². The minimum atomic E-state index is -1.81. The quantitative estimate of drug-likeness (QED) is 0.0591. The van der Waals surface area contributed by atoms with Crippen LogP contribution in [-0.4, -0.2) is 16.1 Å². The predicted octanol–water partition coefficient (Wildman–Crippen LogP) is 19.7. The predicted molar refractivity (Wildman–Crippen MR) is 331 cm³/mol. The molecule has 0 saturated heterocycles. The standard InChI is InChI=1S/C72H86Si2/c1-17-25-63(43-41-59-33-37-61(38-34-59)49-51-73(53(5)6,54(7)8)55(9)10)65(27-19-3)45-47-71-67-29-21-23-31-69(67)72(70-32-24-22-30-68(70)71)48-46-66(28-20-4)64(26-18-2)44-42-60-35-39-62(40-36-60)50-52-74(56(11)12,57(13)14)58(15)16/h21-24,29-40,53-58H,17-20,25-28H2,1-16H3/b65-63+,66-64+. The van der Waals surface area contributed by atoms with Crippen molar-refractivity contribution in [2.75, 3.05) is 0 Å². The van der Waals surface area contributed by atoms with Crippen molar-refractivity contribution in [3.63, 3.8) is 0 Å². The summed E-state index contributed by atoms with van der Waals surface area (Å²) in [5, 5.41) is 4.48. The van der Waals surface area contributed by atoms with E-state index in [1.807, 2.05) is 0 Å². The number of rotatable bonds is 14. The lowest BCUT2D eigenvalue weighted by molar-refractivity contribution is 0.838. The van der Waals surface area contributed by atoms with E-state index in [9.17, 15) is 0 Å². The van der Waals surface area contributed by atoms with E-state index >= 15 is 0 Å². The van der Waals surface area contributed by atoms with Crippen molar-refractivity contribution >= 4 is 37.7 Å². The largest absolute Gasteiger partial charge is 0.146 e. The summed E-state index contributed by atoms with van der Waals surface area (Å²) in [4.78, 5) is 0. The maximum Gasteiger partial charge on any atom is 0.146 e. The molecule has 2 heteroatoms. The molecule has 0 spiro atoms. The Hall–Kier alpha value is -6.11. The normalized spacial score (nSPS) is 12.2. The van der Waals surface area contributed by atoms with Gasteiger partial charge in [-0.3, -0.25) is 0 Å². The number of allylic oxidation sites excluding steroid dienone is 4. The Kier molecular flexibility index (Phi) is 22.2. The van der Waals surface area contributed by atoms with Gasteiger partial charge >= 0.3 is 0 Å². The summed E-state index contributed by atoms with van der Waals surface area (Å²) in [6.07, 6.45) is 7.52. The summed E-state index contributed by atoms with van der Waals surface area (Å²) in [7, 11) is -3.63. The first-order valence-electron chi connectivity index (χ1n) is 28.2. The van der Waals surface area contributed by atoms with E-state index in [2.05, 4.69) is 278 Å². The molecule has 74 heavy (non-hydrogen) atoms. The minimum Gasteiger partial charge on any atom is -0.125 e. The highest BCUT2D eigenvalue weighted by molar-refractivity contribution is 6.91. The fraction of sp³-hybridized carbons (Fsp3) is 0.417. The third-order valence-corrected chi connectivity index (χ3v) is 28.0. The van der Waals surface area contributed by atoms with Gasteiger partial charge in [-0.15, -0.1) is 11.1 Å². The van der Waals surface area contributed by atoms with Gasteiger partial charge < -0.3 is 0 Å². The van der Waals surface area contributed by atoms with Gasteiger partial charge in [0.25, 0.3) is 0 Å². The first-order chi connectivity index (χ1) is 35.5. The molecule has 0 atom stereocenters. The maximum atomic E-state index is 3.88. The molecule has 5 rings (SSSR count). The number of hydrogen-bond donors (Lipinski definition) is 0. The van der Waals surface area contributed by atoms with Crippen molar-refractivity contribution in [3.8, 4) is 70.3 Å². The molecule has 5 aromatic rings. The lowest BCUT2D eigenvalue weighted by atomic mass is 9.91. The third-order valence-electron chi connectivity index (χ3n) is 15.4. The molecule has 0 aliphatic rings. The molecular weight excluding hydrogens is 921 g/mol. The van der Waals surface area contributed by atoms with E-state index in [4.69, 9.17) is 0 Å². The van der Waals surface area contributed by atoms with Crippen LogP contribution in [0.5, 0.6) is 0 Å². The fourth-order valence-corrected chi connectivity index (χ4v) is 22.1. The molecule has 0 saturated carbocycles. The van der Waals surface area contributed by atoms with E-state index in [1.54, 1.807) is 0 Å². The molecule has 0 fully saturated rings. The Balaban J connectivity index is 1.56. The van der Waals surface area contributed by atoms with Crippen molar-refractivity contribution < 1.29 is 0 Å². The second-order valence-electron chi connectivity index (χ2n) is 22.2. The van der Waals surface area contributed by atoms with Gasteiger partial charge in [0.05, 0.1) is 0 Å². The van der Waals surface area contributed by atoms with Crippen LogP contribution in [0.2, 0.25) is 33.2 Å². The van der Waals surface area contributed by atoms with Gasteiger partial charge in [0.2, 0.25) is 0 Å². The summed E-state index contributed by atoms with van der Waals surface area (Å²) < 4.78 is 0. The molecule has 0 aromatic heterocycles. The van der Waals surface area contributed by atoms with Crippen LogP contribution in [0, 0.1) is 70.3 Å². The Bertz CT molecular complexity index is 2860. The van der Waals surface area contributed by atoms with E-state index < -0.39 is 16.1 Å². The maximum absolute atomic E-state index is 3.88. The highest BCUT2D eigenvalue weighted by Crippen LogP contribution is 2.42. The number of hydrogen-bond acceptors (Lipinski definition) is 0. The van der Waals surface area contributed by atoms with Gasteiger partial charge in [0.15, 0.2) is 0 Å². The van der Waals surface area contributed by atoms with Crippen molar-refractivity contribution in [2.45, 2.75) is 195 Å². The van der Waals surface area contributed by atoms with Gasteiger partial charge in [0.1, 0.15) is 16.1 Å². The van der Waals surface area contributed by atoms with Crippen LogP contribution in [0.15, 0.2) is 119 Å². The van der Waals surface area contributed by atoms with Gasteiger partial charge in [-0.05, 0) is 129 Å². The summed E-state index contributed by atoms with van der Waals surface area (Å²) in [6.45, 7) is 37.3. The van der Waals surface area contributed by atoms with Crippen LogP contribution in [0.4, 0.5) is 0 Å². The smallest absolute Gasteiger partial charge is 0.125 e. The average Bonchev–Trinajstić information content (AvgIpc) is 3.37. The molecule has 0 amide bonds.